The van der Waals surface area contributed by atoms with Crippen LogP contribution in [0, 0.1) is 5.92 Å². The van der Waals surface area contributed by atoms with Crippen LogP contribution < -0.4 is 0 Å². The maximum Gasteiger partial charge on any atom is 0.306 e. The van der Waals surface area contributed by atoms with Gasteiger partial charge in [0.15, 0.2) is 0 Å². The van der Waals surface area contributed by atoms with Gasteiger partial charge in [0.25, 0.3) is 0 Å². The Morgan fingerprint density at radius 1 is 1.14 bits per heavy atom. The van der Waals surface area contributed by atoms with Crippen molar-refractivity contribution >= 4 is 5.97 Å². The number of rotatable bonds is 8. The number of carbonyl (C=O) groups excluding carboxylic acids is 1. The molecule has 2 saturated heterocycles. The van der Waals surface area contributed by atoms with Crippen molar-refractivity contribution in [2.45, 2.75) is 109 Å². The van der Waals surface area contributed by atoms with Crippen LogP contribution in [0.5, 0.6) is 0 Å². The lowest BCUT2D eigenvalue weighted by Gasteiger charge is -2.57. The summed E-state index contributed by atoms with van der Waals surface area (Å²) in [6.45, 7) is 8.68. The summed E-state index contributed by atoms with van der Waals surface area (Å²) in [4.78, 5) is 12.1. The summed E-state index contributed by atoms with van der Waals surface area (Å²) in [5.74, 6) is 0.483. The average molecular weight is 310 g/mol. The summed E-state index contributed by atoms with van der Waals surface area (Å²) >= 11 is 0. The Balaban J connectivity index is 1.71. The number of esters is 1. The van der Waals surface area contributed by atoms with E-state index in [9.17, 15) is 4.79 Å². The molecule has 3 aliphatic rings. The highest BCUT2D eigenvalue weighted by molar-refractivity contribution is 5.69. The van der Waals surface area contributed by atoms with Crippen LogP contribution in [0.2, 0.25) is 0 Å². The molecular formula is C19H34O3. The van der Waals surface area contributed by atoms with E-state index in [2.05, 4.69) is 27.7 Å². The third-order valence-corrected chi connectivity index (χ3v) is 5.66. The Kier molecular flexibility index (Phi) is 5.93. The van der Waals surface area contributed by atoms with E-state index in [1.807, 2.05) is 0 Å². The Morgan fingerprint density at radius 3 is 2.45 bits per heavy atom. The maximum absolute atomic E-state index is 12.1. The molecule has 3 heteroatoms. The minimum atomic E-state index is -0.283. The van der Waals surface area contributed by atoms with E-state index < -0.39 is 0 Å². The molecule has 3 fully saturated rings. The van der Waals surface area contributed by atoms with E-state index in [1.54, 1.807) is 0 Å². The van der Waals surface area contributed by atoms with Crippen molar-refractivity contribution in [3.8, 4) is 0 Å². The van der Waals surface area contributed by atoms with E-state index in [0.717, 1.165) is 25.7 Å². The van der Waals surface area contributed by atoms with Crippen molar-refractivity contribution in [3.63, 3.8) is 0 Å². The average Bonchev–Trinajstić information content (AvgIpc) is 2.43. The predicted molar refractivity (Wildman–Crippen MR) is 88.8 cm³/mol. The van der Waals surface area contributed by atoms with Gasteiger partial charge in [0.2, 0.25) is 0 Å². The molecule has 0 aromatic heterocycles. The summed E-state index contributed by atoms with van der Waals surface area (Å²) in [6.07, 6.45) is 10.9. The summed E-state index contributed by atoms with van der Waals surface area (Å²) in [6, 6.07) is 0. The minimum Gasteiger partial charge on any atom is -0.459 e. The summed E-state index contributed by atoms with van der Waals surface area (Å²) < 4.78 is 12.1. The second-order valence-electron chi connectivity index (χ2n) is 7.99. The molecule has 0 aromatic rings. The Hall–Kier alpha value is -0.570. The van der Waals surface area contributed by atoms with Gasteiger partial charge in [-0.05, 0) is 52.4 Å². The lowest BCUT2D eigenvalue weighted by Crippen LogP contribution is -2.62. The molecule has 3 atom stereocenters. The molecule has 1 saturated carbocycles. The highest BCUT2D eigenvalue weighted by atomic mass is 16.6. The van der Waals surface area contributed by atoms with Gasteiger partial charge in [-0.3, -0.25) is 4.79 Å². The normalized spacial score (nSPS) is 32.9. The molecule has 1 aliphatic carbocycles. The highest BCUT2D eigenvalue weighted by Crippen LogP contribution is 2.50. The molecule has 0 aromatic carbocycles. The zero-order chi connectivity index (χ0) is 16.2. The van der Waals surface area contributed by atoms with Crippen LogP contribution in [0.25, 0.3) is 0 Å². The van der Waals surface area contributed by atoms with Crippen LogP contribution in [0.1, 0.15) is 91.9 Å². The summed E-state index contributed by atoms with van der Waals surface area (Å²) in [7, 11) is 0. The van der Waals surface area contributed by atoms with Gasteiger partial charge < -0.3 is 9.47 Å². The van der Waals surface area contributed by atoms with Gasteiger partial charge in [-0.25, -0.2) is 0 Å². The number of hydrogen-bond acceptors (Lipinski definition) is 3. The lowest BCUT2D eigenvalue weighted by atomic mass is 9.67. The van der Waals surface area contributed by atoms with E-state index in [1.165, 1.54) is 32.1 Å². The van der Waals surface area contributed by atoms with Crippen molar-refractivity contribution in [1.82, 2.24) is 0 Å². The van der Waals surface area contributed by atoms with Crippen molar-refractivity contribution in [1.29, 1.82) is 0 Å². The Bertz CT molecular complexity index is 377. The van der Waals surface area contributed by atoms with E-state index in [0.29, 0.717) is 12.3 Å². The van der Waals surface area contributed by atoms with E-state index in [4.69, 9.17) is 9.47 Å². The number of unbranched alkanes of at least 4 members (excludes halogenated alkanes) is 5. The van der Waals surface area contributed by atoms with Crippen molar-refractivity contribution in [2.24, 2.45) is 5.92 Å². The fourth-order valence-corrected chi connectivity index (χ4v) is 4.12. The molecule has 2 bridgehead atoms. The van der Waals surface area contributed by atoms with E-state index in [-0.39, 0.29) is 23.3 Å². The molecular weight excluding hydrogens is 276 g/mol. The largest absolute Gasteiger partial charge is 0.459 e. The first-order chi connectivity index (χ1) is 10.4. The van der Waals surface area contributed by atoms with Crippen molar-refractivity contribution in [3.05, 3.63) is 0 Å². The van der Waals surface area contributed by atoms with Gasteiger partial charge in [0.1, 0.15) is 11.7 Å². The standard InChI is InChI=1S/C19H34O3/c1-5-6-7-8-9-10-11-17(20)21-16-14-15-12-13-19(16,4)22-18(15,2)3/h15-16H,5-14H2,1-4H3/t15-,16+,19+/m0/s1. The molecule has 2 aliphatic heterocycles. The third-order valence-electron chi connectivity index (χ3n) is 5.66. The summed E-state index contributed by atoms with van der Waals surface area (Å²) in [5.41, 5.74) is -0.357. The molecule has 0 amide bonds. The first-order valence-electron chi connectivity index (χ1n) is 9.27. The fourth-order valence-electron chi connectivity index (χ4n) is 4.12. The van der Waals surface area contributed by atoms with Gasteiger partial charge in [0, 0.05) is 6.42 Å². The van der Waals surface area contributed by atoms with Crippen LogP contribution in [-0.4, -0.2) is 23.3 Å². The predicted octanol–water partition coefficient (Wildman–Crippen LogP) is 5.02. The van der Waals surface area contributed by atoms with Crippen LogP contribution in [-0.2, 0) is 14.3 Å². The van der Waals surface area contributed by atoms with E-state index >= 15 is 0 Å². The zero-order valence-corrected chi connectivity index (χ0v) is 15.0. The minimum absolute atomic E-state index is 0.0318. The molecule has 2 heterocycles. The first kappa shape index (κ1) is 17.8. The molecule has 128 valence electrons. The van der Waals surface area contributed by atoms with Gasteiger partial charge >= 0.3 is 5.97 Å². The number of carbonyl (C=O) groups is 1. The topological polar surface area (TPSA) is 35.5 Å². The quantitative estimate of drug-likeness (QED) is 0.466. The van der Waals surface area contributed by atoms with Crippen molar-refractivity contribution in [2.75, 3.05) is 0 Å². The zero-order valence-electron chi connectivity index (χ0n) is 15.0. The molecule has 0 spiro atoms. The Morgan fingerprint density at radius 2 is 1.82 bits per heavy atom. The molecule has 3 nitrogen and oxygen atoms in total. The third kappa shape index (κ3) is 4.24. The SMILES string of the molecule is CCCCCCCCC(=O)O[C@@H]1C[C@@H]2CC[C@@]1(C)OC2(C)C. The second-order valence-corrected chi connectivity index (χ2v) is 7.99. The number of hydrogen-bond donors (Lipinski definition) is 0. The Labute approximate surface area is 136 Å². The van der Waals surface area contributed by atoms with Crippen LogP contribution in [0.3, 0.4) is 0 Å². The van der Waals surface area contributed by atoms with Gasteiger partial charge in [-0.15, -0.1) is 0 Å². The lowest BCUT2D eigenvalue weighted by molar-refractivity contribution is -0.278. The maximum atomic E-state index is 12.1. The first-order valence-corrected chi connectivity index (χ1v) is 9.27. The molecule has 0 radical (unpaired) electrons. The van der Waals surface area contributed by atoms with Crippen LogP contribution in [0.4, 0.5) is 0 Å². The highest BCUT2D eigenvalue weighted by Gasteiger charge is 2.55. The fraction of sp³-hybridized carbons (Fsp3) is 0.947. The molecule has 22 heavy (non-hydrogen) atoms. The smallest absolute Gasteiger partial charge is 0.306 e. The molecule has 0 N–H and O–H groups in total. The van der Waals surface area contributed by atoms with Crippen LogP contribution in [0.15, 0.2) is 0 Å². The monoisotopic (exact) mass is 310 g/mol. The number of fused-ring (bicyclic) bond motifs is 3. The summed E-state index contributed by atoms with van der Waals surface area (Å²) in [5, 5.41) is 0. The number of ether oxygens (including phenoxy) is 2. The van der Waals surface area contributed by atoms with Gasteiger partial charge in [0.05, 0.1) is 5.60 Å². The van der Waals surface area contributed by atoms with Crippen LogP contribution >= 0.6 is 0 Å². The van der Waals surface area contributed by atoms with Gasteiger partial charge in [-0.1, -0.05) is 39.0 Å². The second kappa shape index (κ2) is 7.33. The molecule has 0 unspecified atom stereocenters. The molecule has 3 rings (SSSR count). The van der Waals surface area contributed by atoms with Crippen molar-refractivity contribution < 1.29 is 14.3 Å². The van der Waals surface area contributed by atoms with Gasteiger partial charge in [-0.2, -0.15) is 0 Å².